The summed E-state index contributed by atoms with van der Waals surface area (Å²) in [6, 6.07) is 15.2. The first-order chi connectivity index (χ1) is 12.6. The summed E-state index contributed by atoms with van der Waals surface area (Å²) in [5.41, 5.74) is 5.28. The van der Waals surface area contributed by atoms with Gasteiger partial charge in [-0.25, -0.2) is 5.43 Å². The highest BCUT2D eigenvalue weighted by atomic mass is 79.9. The largest absolute Gasteiger partial charge is 0.311 e. The average molecular weight is 493 g/mol. The molecule has 0 aliphatic heterocycles. The second kappa shape index (κ2) is 8.62. The fraction of sp³-hybridized carbons (Fsp3) is 0.0526. The van der Waals surface area contributed by atoms with Crippen LogP contribution in [0, 0.1) is 0 Å². The zero-order valence-electron chi connectivity index (χ0n) is 13.7. The van der Waals surface area contributed by atoms with Gasteiger partial charge in [0.05, 0.1) is 5.69 Å². The summed E-state index contributed by atoms with van der Waals surface area (Å²) in [4.78, 5) is 13.0. The Morgan fingerprint density at radius 2 is 1.73 bits per heavy atom. The van der Waals surface area contributed by atoms with Gasteiger partial charge in [-0.3, -0.25) is 4.79 Å². The third-order valence-electron chi connectivity index (χ3n) is 3.61. The SMILES string of the molecule is C=CCn1c(-c2ccc(Br)cc2)csc1=NNC(=O)c1ccc(Br)cc1. The van der Waals surface area contributed by atoms with Gasteiger partial charge in [0.2, 0.25) is 4.80 Å². The minimum Gasteiger partial charge on any atom is -0.311 e. The van der Waals surface area contributed by atoms with Crippen molar-refractivity contribution in [3.05, 3.63) is 85.9 Å². The molecule has 3 rings (SSSR count). The van der Waals surface area contributed by atoms with E-state index in [0.717, 1.165) is 20.2 Å². The van der Waals surface area contributed by atoms with Crippen LogP contribution >= 0.6 is 43.2 Å². The summed E-state index contributed by atoms with van der Waals surface area (Å²) in [7, 11) is 0. The molecule has 0 saturated heterocycles. The Labute approximate surface area is 172 Å². The van der Waals surface area contributed by atoms with Crippen LogP contribution in [0.4, 0.5) is 0 Å². The standard InChI is InChI=1S/C19H15Br2N3OS/c1-2-11-24-17(13-3-7-15(20)8-4-13)12-26-19(24)23-22-18(25)14-5-9-16(21)10-6-14/h2-10,12H,1,11H2,(H,22,25). The number of thiazole rings is 1. The first kappa shape index (κ1) is 18.8. The van der Waals surface area contributed by atoms with Crippen LogP contribution in [0.1, 0.15) is 10.4 Å². The normalized spacial score (nSPS) is 11.4. The van der Waals surface area contributed by atoms with Crippen molar-refractivity contribution in [1.82, 2.24) is 9.99 Å². The molecule has 2 aromatic carbocycles. The molecule has 0 radical (unpaired) electrons. The molecule has 132 valence electrons. The van der Waals surface area contributed by atoms with E-state index in [1.165, 1.54) is 11.3 Å². The van der Waals surface area contributed by atoms with Crippen molar-refractivity contribution in [2.75, 3.05) is 0 Å². The van der Waals surface area contributed by atoms with Crippen molar-refractivity contribution < 1.29 is 4.79 Å². The van der Waals surface area contributed by atoms with E-state index < -0.39 is 0 Å². The minimum absolute atomic E-state index is 0.249. The monoisotopic (exact) mass is 491 g/mol. The van der Waals surface area contributed by atoms with E-state index in [4.69, 9.17) is 0 Å². The molecule has 1 N–H and O–H groups in total. The molecule has 0 fully saturated rings. The van der Waals surface area contributed by atoms with E-state index >= 15 is 0 Å². The Hall–Kier alpha value is -1.96. The zero-order valence-corrected chi connectivity index (χ0v) is 17.6. The number of amides is 1. The number of allylic oxidation sites excluding steroid dienone is 1. The van der Waals surface area contributed by atoms with Crippen LogP contribution in [-0.2, 0) is 6.54 Å². The first-order valence-corrected chi connectivity index (χ1v) is 10.2. The van der Waals surface area contributed by atoms with Crippen molar-refractivity contribution in [1.29, 1.82) is 0 Å². The lowest BCUT2D eigenvalue weighted by atomic mass is 10.2. The fourth-order valence-corrected chi connectivity index (χ4v) is 3.75. The first-order valence-electron chi connectivity index (χ1n) is 7.73. The number of nitrogens with one attached hydrogen (secondary N) is 1. The van der Waals surface area contributed by atoms with Crippen LogP contribution in [0.3, 0.4) is 0 Å². The summed E-state index contributed by atoms with van der Waals surface area (Å²) in [5, 5.41) is 6.33. The number of carbonyl (C=O) groups excluding carboxylic acids is 1. The number of nitrogens with zero attached hydrogens (tertiary/aromatic N) is 2. The number of hydrogen-bond donors (Lipinski definition) is 1. The van der Waals surface area contributed by atoms with E-state index in [-0.39, 0.29) is 5.91 Å². The molecule has 1 amide bonds. The van der Waals surface area contributed by atoms with Crippen LogP contribution in [0.25, 0.3) is 11.3 Å². The molecular formula is C19H15Br2N3OS. The van der Waals surface area contributed by atoms with Crippen LogP contribution < -0.4 is 10.2 Å². The smallest absolute Gasteiger partial charge is 0.271 e. The van der Waals surface area contributed by atoms with Gasteiger partial charge in [-0.2, -0.15) is 0 Å². The highest BCUT2D eigenvalue weighted by Gasteiger charge is 2.08. The molecule has 26 heavy (non-hydrogen) atoms. The Kier molecular flexibility index (Phi) is 6.24. The Balaban J connectivity index is 1.90. The summed E-state index contributed by atoms with van der Waals surface area (Å²) in [5.74, 6) is -0.249. The summed E-state index contributed by atoms with van der Waals surface area (Å²) < 4.78 is 3.97. The topological polar surface area (TPSA) is 46.4 Å². The Morgan fingerprint density at radius 1 is 1.12 bits per heavy atom. The molecule has 0 unspecified atom stereocenters. The predicted octanol–water partition coefficient (Wildman–Crippen LogP) is 5.17. The van der Waals surface area contributed by atoms with Gasteiger partial charge in [0.15, 0.2) is 0 Å². The molecule has 4 nitrogen and oxygen atoms in total. The molecule has 0 aliphatic rings. The second-order valence-electron chi connectivity index (χ2n) is 5.37. The van der Waals surface area contributed by atoms with Gasteiger partial charge in [0, 0.05) is 26.4 Å². The van der Waals surface area contributed by atoms with E-state index in [1.807, 2.05) is 52.4 Å². The van der Waals surface area contributed by atoms with Gasteiger partial charge in [0.25, 0.3) is 5.91 Å². The highest BCUT2D eigenvalue weighted by molar-refractivity contribution is 9.10. The van der Waals surface area contributed by atoms with E-state index in [0.29, 0.717) is 16.9 Å². The van der Waals surface area contributed by atoms with Crippen LogP contribution in [0.2, 0.25) is 0 Å². The summed E-state index contributed by atoms with van der Waals surface area (Å²) >= 11 is 8.28. The Bertz CT molecular complexity index is 989. The molecule has 1 heterocycles. The molecular weight excluding hydrogens is 478 g/mol. The van der Waals surface area contributed by atoms with Crippen LogP contribution in [0.15, 0.2) is 80.6 Å². The van der Waals surface area contributed by atoms with Crippen molar-refractivity contribution in [2.24, 2.45) is 5.10 Å². The maximum absolute atomic E-state index is 12.3. The van der Waals surface area contributed by atoms with Gasteiger partial charge >= 0.3 is 0 Å². The van der Waals surface area contributed by atoms with Gasteiger partial charge in [0.1, 0.15) is 0 Å². The number of aromatic nitrogens is 1. The summed E-state index contributed by atoms with van der Waals surface area (Å²) in [6.07, 6.45) is 1.81. The van der Waals surface area contributed by atoms with E-state index in [2.05, 4.69) is 49.0 Å². The third-order valence-corrected chi connectivity index (χ3v) is 5.53. The van der Waals surface area contributed by atoms with Crippen molar-refractivity contribution in [3.63, 3.8) is 0 Å². The average Bonchev–Trinajstić information content (AvgIpc) is 3.04. The lowest BCUT2D eigenvalue weighted by molar-refractivity contribution is 0.0953. The molecule has 3 aromatic rings. The predicted molar refractivity (Wildman–Crippen MR) is 113 cm³/mol. The molecule has 7 heteroatoms. The lowest BCUT2D eigenvalue weighted by Crippen LogP contribution is -2.24. The van der Waals surface area contributed by atoms with Crippen LogP contribution in [0.5, 0.6) is 0 Å². The Morgan fingerprint density at radius 3 is 2.35 bits per heavy atom. The lowest BCUT2D eigenvalue weighted by Gasteiger charge is -2.07. The number of rotatable bonds is 5. The number of benzene rings is 2. The molecule has 0 bridgehead atoms. The molecule has 0 atom stereocenters. The van der Waals surface area contributed by atoms with Gasteiger partial charge in [-0.05, 0) is 42.0 Å². The molecule has 0 aliphatic carbocycles. The highest BCUT2D eigenvalue weighted by Crippen LogP contribution is 2.22. The zero-order chi connectivity index (χ0) is 18.5. The second-order valence-corrected chi connectivity index (χ2v) is 8.04. The van der Waals surface area contributed by atoms with Gasteiger partial charge in [-0.15, -0.1) is 23.0 Å². The van der Waals surface area contributed by atoms with E-state index in [9.17, 15) is 4.79 Å². The van der Waals surface area contributed by atoms with Crippen molar-refractivity contribution >= 4 is 49.1 Å². The third kappa shape index (κ3) is 4.41. The van der Waals surface area contributed by atoms with Crippen molar-refractivity contribution in [2.45, 2.75) is 6.54 Å². The van der Waals surface area contributed by atoms with E-state index in [1.54, 1.807) is 12.1 Å². The number of hydrogen-bond acceptors (Lipinski definition) is 3. The minimum atomic E-state index is -0.249. The number of carbonyl (C=O) groups is 1. The fourth-order valence-electron chi connectivity index (χ4n) is 2.34. The maximum atomic E-state index is 12.3. The van der Waals surface area contributed by atoms with Crippen molar-refractivity contribution in [3.8, 4) is 11.3 Å². The maximum Gasteiger partial charge on any atom is 0.271 e. The van der Waals surface area contributed by atoms with Gasteiger partial charge < -0.3 is 4.57 Å². The quantitative estimate of drug-likeness (QED) is 0.387. The summed E-state index contributed by atoms with van der Waals surface area (Å²) in [6.45, 7) is 4.42. The molecule has 1 aromatic heterocycles. The molecule has 0 spiro atoms. The molecule has 0 saturated carbocycles. The van der Waals surface area contributed by atoms with Crippen LogP contribution in [-0.4, -0.2) is 10.5 Å². The van der Waals surface area contributed by atoms with Gasteiger partial charge in [-0.1, -0.05) is 50.1 Å². The number of halogens is 2.